The molecule has 0 aliphatic heterocycles. The molecule has 0 amide bonds. The van der Waals surface area contributed by atoms with Crippen molar-refractivity contribution in [2.24, 2.45) is 0 Å². The van der Waals surface area contributed by atoms with E-state index in [4.69, 9.17) is 9.78 Å². The van der Waals surface area contributed by atoms with E-state index in [1.807, 2.05) is 0 Å². The zero-order valence-electron chi connectivity index (χ0n) is 7.84. The van der Waals surface area contributed by atoms with Crippen LogP contribution in [0.25, 0.3) is 0 Å². The number of rotatable bonds is 3. The number of hydrogen-bond donors (Lipinski definition) is 1. The molecule has 0 bridgehead atoms. The molecule has 0 atom stereocenters. The first kappa shape index (κ1) is 9.21. The van der Waals surface area contributed by atoms with Gasteiger partial charge >= 0.3 is 0 Å². The van der Waals surface area contributed by atoms with Gasteiger partial charge in [0, 0.05) is 12.3 Å². The number of nitrogens with one attached hydrogen (secondary N) is 1. The molecule has 2 heterocycles. The minimum absolute atomic E-state index is 0.486. The molecular weight excluding hydrogens is 192 g/mol. The van der Waals surface area contributed by atoms with Crippen LogP contribution in [0.15, 0.2) is 35.2 Å². The molecule has 15 heavy (non-hydrogen) atoms. The van der Waals surface area contributed by atoms with E-state index in [9.17, 15) is 0 Å². The van der Waals surface area contributed by atoms with Crippen LogP contribution in [-0.4, -0.2) is 10.1 Å². The summed E-state index contributed by atoms with van der Waals surface area (Å²) in [4.78, 5) is 3.93. The monoisotopic (exact) mass is 200 g/mol. The molecule has 2 aromatic rings. The summed E-state index contributed by atoms with van der Waals surface area (Å²) in [5.74, 6) is 0.711. The average Bonchev–Trinajstić information content (AvgIpc) is 2.79. The highest BCUT2D eigenvalue weighted by Gasteiger charge is 2.02. The molecule has 0 aliphatic carbocycles. The summed E-state index contributed by atoms with van der Waals surface area (Å²) in [6, 6.07) is 5.49. The van der Waals surface area contributed by atoms with Crippen LogP contribution in [-0.2, 0) is 6.54 Å². The smallest absolute Gasteiger partial charge is 0.155 e. The average molecular weight is 200 g/mol. The van der Waals surface area contributed by atoms with Crippen molar-refractivity contribution in [3.63, 3.8) is 0 Å². The van der Waals surface area contributed by atoms with Crippen LogP contribution in [0, 0.1) is 11.3 Å². The Balaban J connectivity index is 2.08. The minimum Gasteiger partial charge on any atom is -0.375 e. The summed E-state index contributed by atoms with van der Waals surface area (Å²) in [5, 5.41) is 15.5. The number of nitrogens with zero attached hydrogens (tertiary/aromatic N) is 3. The quantitative estimate of drug-likeness (QED) is 0.813. The van der Waals surface area contributed by atoms with Gasteiger partial charge in [0.05, 0.1) is 30.2 Å². The summed E-state index contributed by atoms with van der Waals surface area (Å²) in [5.41, 5.74) is 1.25. The molecule has 74 valence electrons. The Bertz CT molecular complexity index is 472. The molecule has 0 fully saturated rings. The zero-order chi connectivity index (χ0) is 10.5. The Hall–Kier alpha value is -2.35. The topological polar surface area (TPSA) is 74.7 Å². The van der Waals surface area contributed by atoms with Crippen LogP contribution < -0.4 is 5.32 Å². The van der Waals surface area contributed by atoms with Gasteiger partial charge in [-0.2, -0.15) is 5.26 Å². The van der Waals surface area contributed by atoms with Gasteiger partial charge in [-0.1, -0.05) is 5.16 Å². The van der Waals surface area contributed by atoms with E-state index < -0.39 is 0 Å². The molecule has 5 heteroatoms. The van der Waals surface area contributed by atoms with Gasteiger partial charge in [0.1, 0.15) is 6.07 Å². The van der Waals surface area contributed by atoms with Crippen molar-refractivity contribution in [1.29, 1.82) is 5.26 Å². The Kier molecular flexibility index (Phi) is 2.61. The second-order valence-corrected chi connectivity index (χ2v) is 2.87. The van der Waals surface area contributed by atoms with Gasteiger partial charge in [-0.15, -0.1) is 0 Å². The van der Waals surface area contributed by atoms with Crippen molar-refractivity contribution >= 4 is 5.69 Å². The third kappa shape index (κ3) is 2.11. The molecule has 0 spiro atoms. The zero-order valence-corrected chi connectivity index (χ0v) is 7.84. The van der Waals surface area contributed by atoms with E-state index in [1.165, 1.54) is 0 Å². The molecular formula is C10H8N4O. The Morgan fingerprint density at radius 3 is 3.07 bits per heavy atom. The SMILES string of the molecule is N#Cc1ccncc1NCc1ccno1. The van der Waals surface area contributed by atoms with Crippen molar-refractivity contribution in [2.75, 3.05) is 5.32 Å². The van der Waals surface area contributed by atoms with Crippen molar-refractivity contribution in [3.05, 3.63) is 42.0 Å². The molecule has 0 saturated carbocycles. The number of aromatic nitrogens is 2. The van der Waals surface area contributed by atoms with Crippen LogP contribution in [0.3, 0.4) is 0 Å². The molecule has 2 rings (SSSR count). The molecule has 0 unspecified atom stereocenters. The highest BCUT2D eigenvalue weighted by atomic mass is 16.5. The maximum atomic E-state index is 8.82. The van der Waals surface area contributed by atoms with E-state index in [0.717, 1.165) is 0 Å². The molecule has 2 aromatic heterocycles. The Morgan fingerprint density at radius 1 is 1.40 bits per heavy atom. The third-order valence-corrected chi connectivity index (χ3v) is 1.89. The molecule has 0 saturated heterocycles. The van der Waals surface area contributed by atoms with Crippen LogP contribution in [0.2, 0.25) is 0 Å². The number of pyridine rings is 1. The molecule has 0 aromatic carbocycles. The lowest BCUT2D eigenvalue weighted by Crippen LogP contribution is -2.00. The molecule has 0 aliphatic rings. The fourth-order valence-corrected chi connectivity index (χ4v) is 1.15. The van der Waals surface area contributed by atoms with E-state index in [1.54, 1.807) is 30.7 Å². The van der Waals surface area contributed by atoms with Gasteiger partial charge in [0.2, 0.25) is 0 Å². The minimum atomic E-state index is 0.486. The van der Waals surface area contributed by atoms with E-state index in [0.29, 0.717) is 23.6 Å². The van der Waals surface area contributed by atoms with Crippen LogP contribution in [0.5, 0.6) is 0 Å². The van der Waals surface area contributed by atoms with Crippen LogP contribution >= 0.6 is 0 Å². The standard InChI is InChI=1S/C10H8N4O/c11-5-8-1-3-12-7-10(8)13-6-9-2-4-14-15-9/h1-4,7,13H,6H2. The lowest BCUT2D eigenvalue weighted by atomic mass is 10.2. The van der Waals surface area contributed by atoms with Crippen molar-refractivity contribution in [2.45, 2.75) is 6.54 Å². The Labute approximate surface area is 86.3 Å². The predicted molar refractivity (Wildman–Crippen MR) is 52.8 cm³/mol. The summed E-state index contributed by atoms with van der Waals surface area (Å²) in [7, 11) is 0. The van der Waals surface area contributed by atoms with E-state index in [2.05, 4.69) is 21.5 Å². The third-order valence-electron chi connectivity index (χ3n) is 1.89. The summed E-state index contributed by atoms with van der Waals surface area (Å²) in [6.07, 6.45) is 4.76. The van der Waals surface area contributed by atoms with Crippen LogP contribution in [0.1, 0.15) is 11.3 Å². The first-order valence-corrected chi connectivity index (χ1v) is 4.37. The first-order chi connectivity index (χ1) is 7.40. The van der Waals surface area contributed by atoms with Gasteiger partial charge < -0.3 is 9.84 Å². The maximum absolute atomic E-state index is 8.82. The summed E-state index contributed by atoms with van der Waals surface area (Å²) < 4.78 is 4.91. The molecule has 5 nitrogen and oxygen atoms in total. The largest absolute Gasteiger partial charge is 0.375 e. The Morgan fingerprint density at radius 2 is 2.33 bits per heavy atom. The fourth-order valence-electron chi connectivity index (χ4n) is 1.15. The second kappa shape index (κ2) is 4.24. The number of anilines is 1. The fraction of sp³-hybridized carbons (Fsp3) is 0.100. The normalized spacial score (nSPS) is 9.53. The maximum Gasteiger partial charge on any atom is 0.155 e. The van der Waals surface area contributed by atoms with Gasteiger partial charge in [-0.3, -0.25) is 4.98 Å². The van der Waals surface area contributed by atoms with E-state index in [-0.39, 0.29) is 0 Å². The van der Waals surface area contributed by atoms with Crippen molar-refractivity contribution in [3.8, 4) is 6.07 Å². The van der Waals surface area contributed by atoms with Crippen LogP contribution in [0.4, 0.5) is 5.69 Å². The van der Waals surface area contributed by atoms with Gasteiger partial charge in [-0.05, 0) is 6.07 Å². The summed E-state index contributed by atoms with van der Waals surface area (Å²) in [6.45, 7) is 0.486. The predicted octanol–water partition coefficient (Wildman–Crippen LogP) is 1.55. The first-order valence-electron chi connectivity index (χ1n) is 4.37. The number of nitriles is 1. The van der Waals surface area contributed by atoms with E-state index >= 15 is 0 Å². The van der Waals surface area contributed by atoms with Gasteiger partial charge in [0.15, 0.2) is 5.76 Å². The van der Waals surface area contributed by atoms with Crippen molar-refractivity contribution in [1.82, 2.24) is 10.1 Å². The van der Waals surface area contributed by atoms with Gasteiger partial charge in [0.25, 0.3) is 0 Å². The lowest BCUT2D eigenvalue weighted by Gasteiger charge is -2.04. The summed E-state index contributed by atoms with van der Waals surface area (Å²) >= 11 is 0. The second-order valence-electron chi connectivity index (χ2n) is 2.87. The van der Waals surface area contributed by atoms with Crippen molar-refractivity contribution < 1.29 is 4.52 Å². The highest BCUT2D eigenvalue weighted by molar-refractivity contribution is 5.55. The number of hydrogen-bond acceptors (Lipinski definition) is 5. The highest BCUT2D eigenvalue weighted by Crippen LogP contribution is 2.12. The molecule has 0 radical (unpaired) electrons. The molecule has 1 N–H and O–H groups in total. The lowest BCUT2D eigenvalue weighted by molar-refractivity contribution is 0.388. The van der Waals surface area contributed by atoms with Gasteiger partial charge in [-0.25, -0.2) is 0 Å².